The number of phenolic OH excluding ortho intramolecular Hbond substituents is 2. The van der Waals surface area contributed by atoms with Crippen molar-refractivity contribution >= 4 is 22.9 Å². The van der Waals surface area contributed by atoms with E-state index in [4.69, 9.17) is 24.7 Å². The third-order valence-electron chi connectivity index (χ3n) is 7.75. The molecule has 0 saturated heterocycles. The third kappa shape index (κ3) is 12.2. The van der Waals surface area contributed by atoms with E-state index in [1.165, 1.54) is 26.0 Å². The van der Waals surface area contributed by atoms with Crippen LogP contribution in [0.15, 0.2) is 72.8 Å². The number of anilines is 1. The molecule has 0 amide bonds. The van der Waals surface area contributed by atoms with Crippen molar-refractivity contribution in [3.05, 3.63) is 105 Å². The van der Waals surface area contributed by atoms with E-state index < -0.39 is 4.92 Å². The van der Waals surface area contributed by atoms with Crippen molar-refractivity contribution in [2.45, 2.75) is 66.2 Å². The van der Waals surface area contributed by atoms with Crippen molar-refractivity contribution in [1.29, 1.82) is 0 Å². The number of rotatable bonds is 19. The summed E-state index contributed by atoms with van der Waals surface area (Å²) in [6, 6.07) is 19.9. The molecule has 12 heteroatoms. The molecular weight excluding hydrogens is 668 g/mol. The van der Waals surface area contributed by atoms with Crippen LogP contribution in [0.25, 0.3) is 0 Å². The number of ketones is 2. The fraction of sp³-hybridized carbons (Fsp3) is 0.350. The summed E-state index contributed by atoms with van der Waals surface area (Å²) >= 11 is 0. The van der Waals surface area contributed by atoms with Crippen LogP contribution in [-0.4, -0.2) is 53.1 Å². The number of non-ortho nitro benzene ring substituents is 1. The number of ether oxygens (including phenoxy) is 4. The summed E-state index contributed by atoms with van der Waals surface area (Å²) in [5, 5.41) is 31.4. The van der Waals surface area contributed by atoms with Gasteiger partial charge in [0.2, 0.25) is 0 Å². The molecule has 4 aromatic carbocycles. The molecular formula is C40H48N2O10. The number of hydrogen-bond donors (Lipinski definition) is 3. The molecule has 278 valence electrons. The number of Topliss-reactive ketones (excluding diaryl/α,β-unsaturated/α-hetero) is 2. The largest absolute Gasteiger partial charge is 0.507 e. The number of nitro benzene ring substituents is 1. The van der Waals surface area contributed by atoms with Gasteiger partial charge < -0.3 is 34.9 Å². The second-order valence-electron chi connectivity index (χ2n) is 11.9. The molecule has 4 N–H and O–H groups in total. The maximum Gasteiger partial charge on any atom is 0.273 e. The van der Waals surface area contributed by atoms with Crippen molar-refractivity contribution in [3.8, 4) is 34.5 Å². The standard InChI is InChI=1S/C20H23NO6.C20H25NO4/c1-3-6-18-19(10-9-17(14(2)22)20(18)23)27-12-5-11-26-16-8-4-7-15(13-16)21(24)25;1-3-6-18-19(10-9-17(14(2)22)20(18)23)25-12-5-11-24-16-8-4-7-15(21)13-16/h4,7-10,13,23H,3,5-6,11-12H2,1-2H3;4,7-10,13,23H,3,5-6,11-12,21H2,1-2H3. The number of hydrogen-bond acceptors (Lipinski definition) is 11. The summed E-state index contributed by atoms with van der Waals surface area (Å²) < 4.78 is 22.7. The predicted molar refractivity (Wildman–Crippen MR) is 199 cm³/mol. The van der Waals surface area contributed by atoms with Crippen molar-refractivity contribution in [3.63, 3.8) is 0 Å². The molecule has 0 aliphatic rings. The lowest BCUT2D eigenvalue weighted by Crippen LogP contribution is -2.07. The van der Waals surface area contributed by atoms with Gasteiger partial charge in [-0.25, -0.2) is 0 Å². The Morgan fingerprint density at radius 1 is 0.673 bits per heavy atom. The van der Waals surface area contributed by atoms with Crippen LogP contribution < -0.4 is 24.7 Å². The van der Waals surface area contributed by atoms with Crippen LogP contribution in [0.5, 0.6) is 34.5 Å². The summed E-state index contributed by atoms with van der Waals surface area (Å²) in [6.45, 7) is 8.50. The topological polar surface area (TPSA) is 181 Å². The summed E-state index contributed by atoms with van der Waals surface area (Å²) in [5.74, 6) is 1.99. The second kappa shape index (κ2) is 20.8. The number of nitrogen functional groups attached to an aromatic ring is 1. The van der Waals surface area contributed by atoms with Crippen molar-refractivity contribution in [2.75, 3.05) is 32.2 Å². The Bertz CT molecular complexity index is 1810. The Kier molecular flexibility index (Phi) is 16.2. The van der Waals surface area contributed by atoms with E-state index in [1.807, 2.05) is 32.0 Å². The molecule has 0 atom stereocenters. The molecule has 4 aromatic rings. The number of nitrogens with zero attached hydrogens (tertiary/aromatic N) is 1. The van der Waals surface area contributed by atoms with Crippen molar-refractivity contribution in [2.24, 2.45) is 0 Å². The van der Waals surface area contributed by atoms with Gasteiger partial charge in [0, 0.05) is 41.8 Å². The van der Waals surface area contributed by atoms with Gasteiger partial charge in [0.25, 0.3) is 5.69 Å². The van der Waals surface area contributed by atoms with E-state index in [-0.39, 0.29) is 28.8 Å². The Hall–Kier alpha value is -5.78. The van der Waals surface area contributed by atoms with Crippen LogP contribution in [0.1, 0.15) is 85.2 Å². The van der Waals surface area contributed by atoms with Gasteiger partial charge in [-0.2, -0.15) is 0 Å². The van der Waals surface area contributed by atoms with E-state index in [1.54, 1.807) is 42.5 Å². The minimum absolute atomic E-state index is 0.0188. The van der Waals surface area contributed by atoms with Gasteiger partial charge in [0.1, 0.15) is 34.5 Å². The predicted octanol–water partition coefficient (Wildman–Crippen LogP) is 8.28. The van der Waals surface area contributed by atoms with Crippen LogP contribution in [0.2, 0.25) is 0 Å². The van der Waals surface area contributed by atoms with Gasteiger partial charge in [-0.1, -0.05) is 38.8 Å². The van der Waals surface area contributed by atoms with Crippen LogP contribution in [0, 0.1) is 10.1 Å². The number of carbonyl (C=O) groups is 2. The summed E-state index contributed by atoms with van der Waals surface area (Å²) in [6.07, 6.45) is 4.17. The molecule has 0 radical (unpaired) electrons. The van der Waals surface area contributed by atoms with Gasteiger partial charge >= 0.3 is 0 Å². The quantitative estimate of drug-likeness (QED) is 0.0279. The highest BCUT2D eigenvalue weighted by Crippen LogP contribution is 2.34. The Labute approximate surface area is 304 Å². The number of carbonyl (C=O) groups excluding carboxylic acids is 2. The lowest BCUT2D eigenvalue weighted by molar-refractivity contribution is -0.384. The lowest BCUT2D eigenvalue weighted by atomic mass is 10.0. The Balaban J connectivity index is 0.000000281. The fourth-order valence-corrected chi connectivity index (χ4v) is 5.21. The summed E-state index contributed by atoms with van der Waals surface area (Å²) in [7, 11) is 0. The average Bonchev–Trinajstić information content (AvgIpc) is 3.11. The summed E-state index contributed by atoms with van der Waals surface area (Å²) in [4.78, 5) is 33.4. The second-order valence-corrected chi connectivity index (χ2v) is 11.9. The molecule has 0 aliphatic heterocycles. The van der Waals surface area contributed by atoms with E-state index >= 15 is 0 Å². The lowest BCUT2D eigenvalue weighted by Gasteiger charge is -2.15. The highest BCUT2D eigenvalue weighted by molar-refractivity contribution is 5.98. The zero-order valence-corrected chi connectivity index (χ0v) is 30.2. The first-order chi connectivity index (χ1) is 25.0. The maximum absolute atomic E-state index is 11.6. The van der Waals surface area contributed by atoms with Crippen molar-refractivity contribution < 1.29 is 43.7 Å². The SMILES string of the molecule is CCCc1c(OCCCOc2cccc(N)c2)ccc(C(C)=O)c1O.CCCc1c(OCCCOc2cccc([N+](=O)[O-])c2)ccc(C(C)=O)c1O. The van der Waals surface area contributed by atoms with Gasteiger partial charge in [0.05, 0.1) is 48.5 Å². The minimum Gasteiger partial charge on any atom is -0.507 e. The van der Waals surface area contributed by atoms with E-state index in [0.717, 1.165) is 18.6 Å². The number of aromatic hydroxyl groups is 2. The van der Waals surface area contributed by atoms with Gasteiger partial charge in [0.15, 0.2) is 11.6 Å². The monoisotopic (exact) mass is 716 g/mol. The number of nitro groups is 1. The van der Waals surface area contributed by atoms with Crippen LogP contribution in [-0.2, 0) is 12.8 Å². The number of benzene rings is 4. The molecule has 0 fully saturated rings. The molecule has 52 heavy (non-hydrogen) atoms. The van der Waals surface area contributed by atoms with E-state index in [0.29, 0.717) is 97.3 Å². The van der Waals surface area contributed by atoms with Gasteiger partial charge in [-0.05, 0) is 69.2 Å². The first-order valence-electron chi connectivity index (χ1n) is 17.3. The van der Waals surface area contributed by atoms with Crippen molar-refractivity contribution in [1.82, 2.24) is 0 Å². The Morgan fingerprint density at radius 3 is 1.54 bits per heavy atom. The Morgan fingerprint density at radius 2 is 1.12 bits per heavy atom. The number of phenols is 2. The normalized spacial score (nSPS) is 10.5. The maximum atomic E-state index is 11.6. The van der Waals surface area contributed by atoms with Crippen LogP contribution in [0.4, 0.5) is 11.4 Å². The smallest absolute Gasteiger partial charge is 0.273 e. The molecule has 4 rings (SSSR count). The van der Waals surface area contributed by atoms with Crippen LogP contribution >= 0.6 is 0 Å². The molecule has 0 aromatic heterocycles. The van der Waals surface area contributed by atoms with E-state index in [2.05, 4.69) is 0 Å². The fourth-order valence-electron chi connectivity index (χ4n) is 5.21. The zero-order chi connectivity index (χ0) is 38.0. The first-order valence-corrected chi connectivity index (χ1v) is 17.3. The molecule has 0 bridgehead atoms. The molecule has 0 saturated carbocycles. The molecule has 0 aliphatic carbocycles. The average molecular weight is 717 g/mol. The highest BCUT2D eigenvalue weighted by Gasteiger charge is 2.17. The molecule has 0 heterocycles. The summed E-state index contributed by atoms with van der Waals surface area (Å²) in [5.41, 5.74) is 8.29. The van der Waals surface area contributed by atoms with Gasteiger partial charge in [-0.15, -0.1) is 0 Å². The third-order valence-corrected chi connectivity index (χ3v) is 7.75. The van der Waals surface area contributed by atoms with Crippen LogP contribution in [0.3, 0.4) is 0 Å². The van der Waals surface area contributed by atoms with E-state index in [9.17, 15) is 29.9 Å². The minimum atomic E-state index is -0.470. The molecule has 0 unspecified atom stereocenters. The molecule has 0 spiro atoms. The van der Waals surface area contributed by atoms with Gasteiger partial charge in [-0.3, -0.25) is 19.7 Å². The molecule has 12 nitrogen and oxygen atoms in total. The zero-order valence-electron chi connectivity index (χ0n) is 30.2. The number of nitrogens with two attached hydrogens (primary N) is 1. The first kappa shape index (κ1) is 40.6. The highest BCUT2D eigenvalue weighted by atomic mass is 16.6.